The quantitative estimate of drug-likeness (QED) is 0.647. The Morgan fingerprint density at radius 1 is 1.16 bits per heavy atom. The van der Waals surface area contributed by atoms with Gasteiger partial charge in [0.25, 0.3) is 0 Å². The number of rotatable bonds is 6. The van der Waals surface area contributed by atoms with Crippen LogP contribution in [0.5, 0.6) is 5.75 Å². The van der Waals surface area contributed by atoms with Crippen LogP contribution in [0, 0.1) is 5.92 Å². The Bertz CT molecular complexity index is 761. The molecule has 1 aliphatic carbocycles. The van der Waals surface area contributed by atoms with E-state index in [0.29, 0.717) is 5.92 Å². The molecule has 0 saturated carbocycles. The van der Waals surface area contributed by atoms with E-state index in [1.54, 1.807) is 7.11 Å². The lowest BCUT2D eigenvalue weighted by molar-refractivity contribution is 0.416. The minimum absolute atomic E-state index is 0.652. The van der Waals surface area contributed by atoms with Gasteiger partial charge in [0.2, 0.25) is 0 Å². The van der Waals surface area contributed by atoms with E-state index in [4.69, 9.17) is 4.74 Å². The van der Waals surface area contributed by atoms with Crippen LogP contribution in [0.4, 0.5) is 5.69 Å². The largest absolute Gasteiger partial charge is 0.495 e. The van der Waals surface area contributed by atoms with E-state index in [2.05, 4.69) is 61.3 Å². The number of allylic oxidation sites excluding steroid dienone is 2. The van der Waals surface area contributed by atoms with Crippen molar-refractivity contribution in [3.8, 4) is 16.9 Å². The molecule has 0 saturated heterocycles. The van der Waals surface area contributed by atoms with Gasteiger partial charge in [-0.2, -0.15) is 0 Å². The number of benzene rings is 2. The molecule has 1 N–H and O–H groups in total. The van der Waals surface area contributed by atoms with Crippen molar-refractivity contribution in [2.24, 2.45) is 5.92 Å². The monoisotopic (exact) mass is 333 g/mol. The minimum atomic E-state index is 0.652. The highest BCUT2D eigenvalue weighted by atomic mass is 16.5. The molecule has 1 atom stereocenters. The van der Waals surface area contributed by atoms with Gasteiger partial charge in [0.05, 0.1) is 12.8 Å². The maximum Gasteiger partial charge on any atom is 0.141 e. The highest BCUT2D eigenvalue weighted by Gasteiger charge is 2.15. The van der Waals surface area contributed by atoms with Crippen molar-refractivity contribution in [2.75, 3.05) is 19.0 Å². The first-order chi connectivity index (χ1) is 12.2. The summed E-state index contributed by atoms with van der Waals surface area (Å²) in [5.41, 5.74) is 6.25. The Morgan fingerprint density at radius 3 is 2.60 bits per heavy atom. The molecule has 1 aliphatic rings. The van der Waals surface area contributed by atoms with Gasteiger partial charge in [-0.1, -0.05) is 60.2 Å². The summed E-state index contributed by atoms with van der Waals surface area (Å²) < 4.78 is 5.53. The van der Waals surface area contributed by atoms with Crippen molar-refractivity contribution in [2.45, 2.75) is 26.2 Å². The molecule has 0 radical (unpaired) electrons. The van der Waals surface area contributed by atoms with Crippen LogP contribution in [-0.4, -0.2) is 13.7 Å². The fourth-order valence-corrected chi connectivity index (χ4v) is 3.36. The molecule has 3 rings (SSSR count). The Hall–Kier alpha value is -2.48. The summed E-state index contributed by atoms with van der Waals surface area (Å²) in [6.07, 6.45) is 5.85. The molecular formula is C23H27NO. The average molecular weight is 333 g/mol. The predicted molar refractivity (Wildman–Crippen MR) is 107 cm³/mol. The molecule has 0 heterocycles. The number of hydrogen-bond donors (Lipinski definition) is 1. The number of nitrogens with one attached hydrogen (secondary N) is 1. The van der Waals surface area contributed by atoms with Crippen molar-refractivity contribution in [3.63, 3.8) is 0 Å². The zero-order valence-corrected chi connectivity index (χ0v) is 15.2. The molecule has 2 nitrogen and oxygen atoms in total. The van der Waals surface area contributed by atoms with Crippen molar-refractivity contribution in [3.05, 3.63) is 72.3 Å². The second-order valence-electron chi connectivity index (χ2n) is 6.81. The summed E-state index contributed by atoms with van der Waals surface area (Å²) in [7, 11) is 1.72. The average Bonchev–Trinajstić information content (AvgIpc) is 2.67. The maximum absolute atomic E-state index is 5.53. The Labute approximate surface area is 151 Å². The highest BCUT2D eigenvalue weighted by molar-refractivity contribution is 5.72. The number of anilines is 1. The van der Waals surface area contributed by atoms with E-state index in [1.165, 1.54) is 28.7 Å². The molecule has 2 heteroatoms. The molecule has 0 fully saturated rings. The van der Waals surface area contributed by atoms with E-state index < -0.39 is 0 Å². The van der Waals surface area contributed by atoms with Gasteiger partial charge in [-0.25, -0.2) is 0 Å². The van der Waals surface area contributed by atoms with Crippen LogP contribution in [0.25, 0.3) is 11.1 Å². The van der Waals surface area contributed by atoms with Gasteiger partial charge in [0.1, 0.15) is 5.75 Å². The Morgan fingerprint density at radius 2 is 1.96 bits per heavy atom. The fourth-order valence-electron chi connectivity index (χ4n) is 3.36. The maximum atomic E-state index is 5.53. The van der Waals surface area contributed by atoms with Crippen molar-refractivity contribution < 1.29 is 4.74 Å². The zero-order chi connectivity index (χ0) is 17.6. The normalized spacial score (nSPS) is 16.9. The van der Waals surface area contributed by atoms with Gasteiger partial charge in [-0.3, -0.25) is 0 Å². The van der Waals surface area contributed by atoms with Crippen LogP contribution >= 0.6 is 0 Å². The lowest BCUT2D eigenvalue weighted by atomic mass is 9.85. The minimum Gasteiger partial charge on any atom is -0.495 e. The Kier molecular flexibility index (Phi) is 5.60. The van der Waals surface area contributed by atoms with Crippen LogP contribution in [0.3, 0.4) is 0 Å². The SMILES string of the molecule is C=C(C)[C@H]1CC=C(CNc2cc(-c3ccccc3)ccc2OC)CC1. The standard InChI is InChI=1S/C23H27NO/c1-17(2)19-11-9-18(10-12-19)16-24-22-15-21(13-14-23(22)25-3)20-7-5-4-6-8-20/h4-9,13-15,19,24H,1,10-12,16H2,2-3H3/t19-/m0/s1. The molecule has 0 amide bonds. The van der Waals surface area contributed by atoms with Crippen molar-refractivity contribution >= 4 is 5.69 Å². The second kappa shape index (κ2) is 8.06. The molecular weight excluding hydrogens is 306 g/mol. The van der Waals surface area contributed by atoms with E-state index in [-0.39, 0.29) is 0 Å². The first kappa shape index (κ1) is 17.3. The van der Waals surface area contributed by atoms with Crippen molar-refractivity contribution in [1.29, 1.82) is 0 Å². The molecule has 130 valence electrons. The summed E-state index contributed by atoms with van der Waals surface area (Å²) in [6, 6.07) is 16.8. The second-order valence-corrected chi connectivity index (χ2v) is 6.81. The molecule has 2 aromatic rings. The van der Waals surface area contributed by atoms with Crippen LogP contribution in [0.15, 0.2) is 72.3 Å². The van der Waals surface area contributed by atoms with Gasteiger partial charge >= 0.3 is 0 Å². The molecule has 0 aliphatic heterocycles. The van der Waals surface area contributed by atoms with Gasteiger partial charge in [-0.15, -0.1) is 0 Å². The third kappa shape index (κ3) is 4.33. The lowest BCUT2D eigenvalue weighted by Gasteiger charge is -2.23. The number of ether oxygens (including phenoxy) is 1. The molecule has 0 aromatic heterocycles. The van der Waals surface area contributed by atoms with Gasteiger partial charge in [0, 0.05) is 6.54 Å². The third-order valence-corrected chi connectivity index (χ3v) is 5.01. The van der Waals surface area contributed by atoms with Gasteiger partial charge in [-0.05, 0) is 55.4 Å². The van der Waals surface area contributed by atoms with Crippen LogP contribution < -0.4 is 10.1 Å². The first-order valence-corrected chi connectivity index (χ1v) is 8.98. The van der Waals surface area contributed by atoms with Gasteiger partial charge < -0.3 is 10.1 Å². The van der Waals surface area contributed by atoms with Gasteiger partial charge in [0.15, 0.2) is 0 Å². The summed E-state index contributed by atoms with van der Waals surface area (Å²) >= 11 is 0. The summed E-state index contributed by atoms with van der Waals surface area (Å²) in [6.45, 7) is 7.11. The number of hydrogen-bond acceptors (Lipinski definition) is 2. The summed E-state index contributed by atoms with van der Waals surface area (Å²) in [5.74, 6) is 1.54. The van der Waals surface area contributed by atoms with Crippen LogP contribution in [-0.2, 0) is 0 Å². The molecule has 25 heavy (non-hydrogen) atoms. The highest BCUT2D eigenvalue weighted by Crippen LogP contribution is 2.32. The lowest BCUT2D eigenvalue weighted by Crippen LogP contribution is -2.12. The van der Waals surface area contributed by atoms with E-state index in [0.717, 1.165) is 30.8 Å². The molecule has 2 aromatic carbocycles. The van der Waals surface area contributed by atoms with Crippen LogP contribution in [0.2, 0.25) is 0 Å². The summed E-state index contributed by atoms with van der Waals surface area (Å²) in [4.78, 5) is 0. The summed E-state index contributed by atoms with van der Waals surface area (Å²) in [5, 5.41) is 3.57. The topological polar surface area (TPSA) is 21.3 Å². The third-order valence-electron chi connectivity index (χ3n) is 5.01. The van der Waals surface area contributed by atoms with E-state index in [1.807, 2.05) is 12.1 Å². The first-order valence-electron chi connectivity index (χ1n) is 8.98. The Balaban J connectivity index is 1.72. The smallest absolute Gasteiger partial charge is 0.141 e. The molecule has 0 bridgehead atoms. The molecule has 0 unspecified atom stereocenters. The van der Waals surface area contributed by atoms with E-state index in [9.17, 15) is 0 Å². The predicted octanol–water partition coefficient (Wildman–Crippen LogP) is 6.08. The zero-order valence-electron chi connectivity index (χ0n) is 15.2. The fraction of sp³-hybridized carbons (Fsp3) is 0.304. The van der Waals surface area contributed by atoms with E-state index >= 15 is 0 Å². The number of methoxy groups -OCH3 is 1. The molecule has 0 spiro atoms. The van der Waals surface area contributed by atoms with Crippen LogP contribution in [0.1, 0.15) is 26.2 Å². The van der Waals surface area contributed by atoms with Crippen molar-refractivity contribution in [1.82, 2.24) is 0 Å².